The molecule has 0 aliphatic carbocycles. The number of allylic oxidation sites excluding steroid dienone is 2. The van der Waals surface area contributed by atoms with Gasteiger partial charge in [0.25, 0.3) is 5.79 Å². The summed E-state index contributed by atoms with van der Waals surface area (Å²) in [7, 11) is 0. The molecule has 1 aliphatic rings. The quantitative estimate of drug-likeness (QED) is 0.240. The first-order valence-corrected chi connectivity index (χ1v) is 8.27. The summed E-state index contributed by atoms with van der Waals surface area (Å²) in [6.07, 6.45) is 2.17. The molecule has 2 rings (SSSR count). The number of anilines is 2. The molecule has 1 aromatic carbocycles. The molecule has 0 amide bonds. The highest BCUT2D eigenvalue weighted by molar-refractivity contribution is 6.15. The van der Waals surface area contributed by atoms with Crippen LogP contribution in [0.4, 0.5) is 21.5 Å². The largest absolute Gasteiger partial charge is 0.419 e. The Hall–Kier alpha value is -3.76. The molecule has 0 spiro atoms. The van der Waals surface area contributed by atoms with Gasteiger partial charge in [0.15, 0.2) is 11.4 Å². The monoisotopic (exact) mass is 407 g/mol. The van der Waals surface area contributed by atoms with Crippen molar-refractivity contribution < 1.29 is 33.2 Å². The number of esters is 2. The molecule has 1 fully saturated rings. The molecule has 154 valence electrons. The topological polar surface area (TPSA) is 137 Å². The number of nitrogens with zero attached hydrogens (tertiary/aromatic N) is 1. The number of nitro groups is 1. The normalized spacial score (nSPS) is 15.9. The fourth-order valence-electron chi connectivity index (χ4n) is 2.41. The van der Waals surface area contributed by atoms with Gasteiger partial charge in [0, 0.05) is 37.9 Å². The van der Waals surface area contributed by atoms with E-state index >= 15 is 0 Å². The van der Waals surface area contributed by atoms with E-state index in [1.54, 1.807) is 0 Å². The molecule has 11 heteroatoms. The Morgan fingerprint density at radius 3 is 2.28 bits per heavy atom. The number of carbonyl (C=O) groups is 3. The van der Waals surface area contributed by atoms with Crippen LogP contribution in [0.2, 0.25) is 0 Å². The first kappa shape index (κ1) is 21.5. The van der Waals surface area contributed by atoms with Gasteiger partial charge in [-0.3, -0.25) is 14.9 Å². The molecule has 0 saturated carbocycles. The van der Waals surface area contributed by atoms with Gasteiger partial charge in [0.1, 0.15) is 0 Å². The van der Waals surface area contributed by atoms with Crippen molar-refractivity contribution in [3.05, 3.63) is 51.6 Å². The summed E-state index contributed by atoms with van der Waals surface area (Å²) in [6.45, 7) is 5.60. The average molecular weight is 407 g/mol. The lowest BCUT2D eigenvalue weighted by Crippen LogP contribution is -2.42. The van der Waals surface area contributed by atoms with Crippen molar-refractivity contribution in [1.82, 2.24) is 0 Å². The van der Waals surface area contributed by atoms with E-state index in [1.807, 2.05) is 0 Å². The highest BCUT2D eigenvalue weighted by Gasteiger charge is 2.39. The summed E-state index contributed by atoms with van der Waals surface area (Å²) in [5, 5.41) is 16.3. The van der Waals surface area contributed by atoms with E-state index in [4.69, 9.17) is 9.47 Å². The highest BCUT2D eigenvalue weighted by atomic mass is 19.1. The van der Waals surface area contributed by atoms with Crippen LogP contribution in [0.3, 0.4) is 0 Å². The third-order valence-corrected chi connectivity index (χ3v) is 3.52. The van der Waals surface area contributed by atoms with E-state index in [1.165, 1.54) is 33.8 Å². The zero-order valence-corrected chi connectivity index (χ0v) is 16.0. The van der Waals surface area contributed by atoms with E-state index in [-0.39, 0.29) is 17.2 Å². The molecule has 1 aliphatic heterocycles. The van der Waals surface area contributed by atoms with Crippen LogP contribution in [0.1, 0.15) is 27.7 Å². The van der Waals surface area contributed by atoms with Crippen molar-refractivity contribution in [3.63, 3.8) is 0 Å². The lowest BCUT2D eigenvalue weighted by atomic mass is 10.2. The molecule has 2 N–H and O–H groups in total. The van der Waals surface area contributed by atoms with Crippen molar-refractivity contribution >= 4 is 34.8 Å². The maximum atomic E-state index is 14.0. The lowest BCUT2D eigenvalue weighted by molar-refractivity contribution is -0.387. The number of rotatable bonds is 6. The first-order valence-electron chi connectivity index (χ1n) is 8.27. The van der Waals surface area contributed by atoms with Crippen LogP contribution >= 0.6 is 0 Å². The number of carbonyl (C=O) groups excluding carboxylic acids is 3. The molecule has 0 radical (unpaired) electrons. The number of halogens is 1. The Morgan fingerprint density at radius 1 is 1.17 bits per heavy atom. The number of benzene rings is 1. The number of hydrogen-bond donors (Lipinski definition) is 2. The minimum atomic E-state index is -1.43. The first-order chi connectivity index (χ1) is 13.4. The van der Waals surface area contributed by atoms with Gasteiger partial charge in [-0.1, -0.05) is 0 Å². The van der Waals surface area contributed by atoms with Crippen LogP contribution in [0.5, 0.6) is 0 Å². The van der Waals surface area contributed by atoms with Gasteiger partial charge in [0.05, 0.1) is 16.3 Å². The van der Waals surface area contributed by atoms with Gasteiger partial charge >= 0.3 is 17.6 Å². The highest BCUT2D eigenvalue weighted by Crippen LogP contribution is 2.32. The second-order valence-corrected chi connectivity index (χ2v) is 6.55. The Bertz CT molecular complexity index is 944. The van der Waals surface area contributed by atoms with Gasteiger partial charge in [-0.25, -0.2) is 9.59 Å². The van der Waals surface area contributed by atoms with Gasteiger partial charge in [-0.15, -0.1) is 0 Å². The lowest BCUT2D eigenvalue weighted by Gasteiger charge is -2.29. The summed E-state index contributed by atoms with van der Waals surface area (Å²) < 4.78 is 23.9. The third kappa shape index (κ3) is 5.37. The molecule has 0 atom stereocenters. The number of hydrogen-bond acceptors (Lipinski definition) is 9. The molecule has 0 unspecified atom stereocenters. The molecular formula is C18H18FN3O7. The molecule has 0 bridgehead atoms. The van der Waals surface area contributed by atoms with Crippen LogP contribution in [0, 0.1) is 15.9 Å². The van der Waals surface area contributed by atoms with Gasteiger partial charge < -0.3 is 20.1 Å². The molecule has 1 heterocycles. The maximum Gasteiger partial charge on any atom is 0.350 e. The zero-order chi connectivity index (χ0) is 21.9. The molecule has 1 aromatic rings. The predicted octanol–water partition coefficient (Wildman–Crippen LogP) is 2.77. The Kier molecular flexibility index (Phi) is 6.01. The second-order valence-electron chi connectivity index (χ2n) is 6.55. The van der Waals surface area contributed by atoms with Gasteiger partial charge in [0.2, 0.25) is 5.82 Å². The van der Waals surface area contributed by atoms with Crippen LogP contribution < -0.4 is 10.6 Å². The van der Waals surface area contributed by atoms with E-state index < -0.39 is 39.7 Å². The van der Waals surface area contributed by atoms with E-state index in [0.29, 0.717) is 5.70 Å². The minimum Gasteiger partial charge on any atom is -0.419 e. The smallest absolute Gasteiger partial charge is 0.350 e. The Morgan fingerprint density at radius 2 is 1.76 bits per heavy atom. The van der Waals surface area contributed by atoms with Gasteiger partial charge in [-0.2, -0.15) is 4.39 Å². The van der Waals surface area contributed by atoms with E-state index in [0.717, 1.165) is 18.3 Å². The van der Waals surface area contributed by atoms with Crippen molar-refractivity contribution in [2.24, 2.45) is 0 Å². The van der Waals surface area contributed by atoms with Crippen LogP contribution in [-0.4, -0.2) is 28.4 Å². The summed E-state index contributed by atoms with van der Waals surface area (Å²) in [5.41, 5.74) is -0.998. The average Bonchev–Trinajstić information content (AvgIpc) is 2.53. The van der Waals surface area contributed by atoms with Crippen LogP contribution in [0.15, 0.2) is 35.7 Å². The number of ketones is 1. The van der Waals surface area contributed by atoms with Crippen molar-refractivity contribution in [2.75, 3.05) is 10.6 Å². The molecular weight excluding hydrogens is 389 g/mol. The zero-order valence-electron chi connectivity index (χ0n) is 16.0. The van der Waals surface area contributed by atoms with E-state index in [2.05, 4.69) is 10.6 Å². The Balaban J connectivity index is 2.43. The fourth-order valence-corrected chi connectivity index (χ4v) is 2.41. The summed E-state index contributed by atoms with van der Waals surface area (Å²) in [5.74, 6) is -4.74. The summed E-state index contributed by atoms with van der Waals surface area (Å²) in [6, 6.07) is 1.72. The number of nitro benzene ring substituents is 1. The number of ether oxygens (including phenoxy) is 2. The standard InChI is InChI=1S/C18H18FN3O7/c1-9(5-10(2)23)21-14-6-12(19)15(22(26)27)7-13(14)20-8-11-16(24)28-18(3,4)29-17(11)25/h5-8,20-21H,1-4H3. The fraction of sp³-hybridized carbons (Fsp3) is 0.278. The van der Waals surface area contributed by atoms with E-state index in [9.17, 15) is 28.9 Å². The van der Waals surface area contributed by atoms with Crippen LogP contribution in [0.25, 0.3) is 0 Å². The summed E-state index contributed by atoms with van der Waals surface area (Å²) >= 11 is 0. The van der Waals surface area contributed by atoms with Crippen molar-refractivity contribution in [1.29, 1.82) is 0 Å². The molecule has 1 saturated heterocycles. The molecule has 0 aromatic heterocycles. The predicted molar refractivity (Wildman–Crippen MR) is 99.1 cm³/mol. The van der Waals surface area contributed by atoms with Crippen molar-refractivity contribution in [3.8, 4) is 0 Å². The van der Waals surface area contributed by atoms with Gasteiger partial charge in [-0.05, 0) is 19.9 Å². The molecule has 10 nitrogen and oxygen atoms in total. The minimum absolute atomic E-state index is 0.0258. The molecule has 29 heavy (non-hydrogen) atoms. The SMILES string of the molecule is CC(=O)C=C(C)Nc1cc(F)c([N+](=O)[O-])cc1NC=C1C(=O)OC(C)(C)OC1=O. The van der Waals surface area contributed by atoms with Crippen LogP contribution in [-0.2, 0) is 23.9 Å². The Labute approximate surface area is 164 Å². The number of nitrogens with one attached hydrogen (secondary N) is 2. The van der Waals surface area contributed by atoms with Crippen molar-refractivity contribution in [2.45, 2.75) is 33.5 Å². The third-order valence-electron chi connectivity index (χ3n) is 3.52. The summed E-state index contributed by atoms with van der Waals surface area (Å²) in [4.78, 5) is 45.3. The second kappa shape index (κ2) is 8.09. The maximum absolute atomic E-state index is 14.0. The number of cyclic esters (lactones) is 2.